The highest BCUT2D eigenvalue weighted by molar-refractivity contribution is 7.98. The zero-order chi connectivity index (χ0) is 19.5. The van der Waals surface area contributed by atoms with E-state index in [0.29, 0.717) is 0 Å². The summed E-state index contributed by atoms with van der Waals surface area (Å²) in [4.78, 5) is 10.3. The SMILES string of the molecule is COc1cc(C)c(C)cc1-c1ncnc2cc(SCc3ccccc3)ccc12. The number of benzene rings is 3. The standard InChI is InChI=1S/C24H22N2OS/c1-16-11-21(23(27-3)12-17(16)2)24-20-10-9-19(13-22(20)25-15-26-24)28-14-18-7-5-4-6-8-18/h4-13,15H,14H2,1-3H3. The van der Waals surface area contributed by atoms with E-state index in [1.165, 1.54) is 21.6 Å². The molecule has 140 valence electrons. The highest BCUT2D eigenvalue weighted by Gasteiger charge is 2.13. The lowest BCUT2D eigenvalue weighted by atomic mass is 10.00. The molecule has 0 unspecified atom stereocenters. The Bertz CT molecular complexity index is 1130. The average molecular weight is 387 g/mol. The molecule has 3 nitrogen and oxygen atoms in total. The maximum Gasteiger partial charge on any atom is 0.128 e. The van der Waals surface area contributed by atoms with Gasteiger partial charge in [0.25, 0.3) is 0 Å². The van der Waals surface area contributed by atoms with Gasteiger partial charge in [-0.25, -0.2) is 9.97 Å². The number of methoxy groups -OCH3 is 1. The highest BCUT2D eigenvalue weighted by Crippen LogP contribution is 2.36. The number of hydrogen-bond acceptors (Lipinski definition) is 4. The quantitative estimate of drug-likeness (QED) is 0.382. The van der Waals surface area contributed by atoms with Gasteiger partial charge in [0.05, 0.1) is 18.3 Å². The Balaban J connectivity index is 1.71. The molecule has 0 radical (unpaired) electrons. The lowest BCUT2D eigenvalue weighted by molar-refractivity contribution is 0.416. The lowest BCUT2D eigenvalue weighted by Crippen LogP contribution is -1.95. The van der Waals surface area contributed by atoms with Crippen molar-refractivity contribution in [2.75, 3.05) is 7.11 Å². The number of aromatic nitrogens is 2. The van der Waals surface area contributed by atoms with Gasteiger partial charge < -0.3 is 4.74 Å². The van der Waals surface area contributed by atoms with Gasteiger partial charge in [-0.2, -0.15) is 0 Å². The molecule has 4 aromatic rings. The predicted molar refractivity (Wildman–Crippen MR) is 117 cm³/mol. The Morgan fingerprint density at radius 1 is 0.893 bits per heavy atom. The summed E-state index contributed by atoms with van der Waals surface area (Å²) in [5.74, 6) is 1.78. The minimum absolute atomic E-state index is 0.839. The van der Waals surface area contributed by atoms with Crippen molar-refractivity contribution in [2.45, 2.75) is 24.5 Å². The van der Waals surface area contributed by atoms with Crippen molar-refractivity contribution >= 4 is 22.7 Å². The first kappa shape index (κ1) is 18.5. The van der Waals surface area contributed by atoms with E-state index in [-0.39, 0.29) is 0 Å². The monoisotopic (exact) mass is 386 g/mol. The first-order chi connectivity index (χ1) is 13.7. The van der Waals surface area contributed by atoms with Crippen LogP contribution in [-0.4, -0.2) is 17.1 Å². The molecule has 0 fully saturated rings. The molecule has 0 atom stereocenters. The van der Waals surface area contributed by atoms with Crippen molar-refractivity contribution in [3.63, 3.8) is 0 Å². The molecule has 4 heteroatoms. The third-order valence-electron chi connectivity index (χ3n) is 4.93. The van der Waals surface area contributed by atoms with Gasteiger partial charge in [0, 0.05) is 21.6 Å². The largest absolute Gasteiger partial charge is 0.496 e. The predicted octanol–water partition coefficient (Wildman–Crippen LogP) is 6.21. The summed E-state index contributed by atoms with van der Waals surface area (Å²) in [5, 5.41) is 1.04. The second kappa shape index (κ2) is 8.03. The molecule has 0 saturated carbocycles. The third-order valence-corrected chi connectivity index (χ3v) is 5.99. The lowest BCUT2D eigenvalue weighted by Gasteiger charge is -2.13. The van der Waals surface area contributed by atoms with Gasteiger partial charge in [-0.05, 0) is 60.9 Å². The Kier molecular flexibility index (Phi) is 5.31. The maximum atomic E-state index is 5.63. The number of aryl methyl sites for hydroxylation is 2. The Labute approximate surface area is 169 Å². The topological polar surface area (TPSA) is 35.0 Å². The van der Waals surface area contributed by atoms with Crippen LogP contribution in [0.5, 0.6) is 5.75 Å². The Hall–Kier alpha value is -2.85. The maximum absolute atomic E-state index is 5.63. The fraction of sp³-hybridized carbons (Fsp3) is 0.167. The van der Waals surface area contributed by atoms with E-state index in [1.807, 2.05) is 17.8 Å². The summed E-state index contributed by atoms with van der Waals surface area (Å²) in [6, 6.07) is 21.1. The van der Waals surface area contributed by atoms with Crippen LogP contribution >= 0.6 is 11.8 Å². The number of nitrogens with zero attached hydrogens (tertiary/aromatic N) is 2. The van der Waals surface area contributed by atoms with Crippen molar-refractivity contribution in [3.8, 4) is 17.0 Å². The number of hydrogen-bond donors (Lipinski definition) is 0. The van der Waals surface area contributed by atoms with Crippen LogP contribution in [0.15, 0.2) is 71.9 Å². The fourth-order valence-electron chi connectivity index (χ4n) is 3.23. The molecule has 0 saturated heterocycles. The van der Waals surface area contributed by atoms with Crippen molar-refractivity contribution in [2.24, 2.45) is 0 Å². The van der Waals surface area contributed by atoms with Crippen LogP contribution in [0.4, 0.5) is 0 Å². The minimum atomic E-state index is 0.839. The van der Waals surface area contributed by atoms with Crippen molar-refractivity contribution in [3.05, 3.63) is 83.7 Å². The molecule has 0 N–H and O–H groups in total. The Morgan fingerprint density at radius 3 is 2.46 bits per heavy atom. The summed E-state index contributed by atoms with van der Waals surface area (Å²) in [7, 11) is 1.70. The molecule has 0 aliphatic carbocycles. The zero-order valence-corrected chi connectivity index (χ0v) is 17.1. The van der Waals surface area contributed by atoms with Gasteiger partial charge in [0.1, 0.15) is 12.1 Å². The van der Waals surface area contributed by atoms with Crippen LogP contribution < -0.4 is 4.74 Å². The van der Waals surface area contributed by atoms with Crippen LogP contribution in [0.3, 0.4) is 0 Å². The number of thioether (sulfide) groups is 1. The summed E-state index contributed by atoms with van der Waals surface area (Å²) in [5.41, 5.74) is 6.60. The van der Waals surface area contributed by atoms with Gasteiger partial charge in [-0.1, -0.05) is 30.3 Å². The molecule has 0 aliphatic heterocycles. The second-order valence-corrected chi connectivity index (χ2v) is 7.86. The molecular formula is C24H22N2OS. The molecule has 0 amide bonds. The molecule has 0 aliphatic rings. The molecule has 4 rings (SSSR count). The van der Waals surface area contributed by atoms with E-state index in [4.69, 9.17) is 4.74 Å². The van der Waals surface area contributed by atoms with Crippen LogP contribution in [-0.2, 0) is 5.75 Å². The van der Waals surface area contributed by atoms with E-state index >= 15 is 0 Å². The van der Waals surface area contributed by atoms with Gasteiger partial charge >= 0.3 is 0 Å². The molecule has 0 spiro atoms. The summed E-state index contributed by atoms with van der Waals surface area (Å²) < 4.78 is 5.63. The van der Waals surface area contributed by atoms with Gasteiger partial charge in [-0.15, -0.1) is 11.8 Å². The van der Waals surface area contributed by atoms with Crippen molar-refractivity contribution in [1.29, 1.82) is 0 Å². The van der Waals surface area contributed by atoms with Gasteiger partial charge in [0.15, 0.2) is 0 Å². The van der Waals surface area contributed by atoms with Crippen LogP contribution in [0.25, 0.3) is 22.2 Å². The van der Waals surface area contributed by atoms with Crippen LogP contribution in [0, 0.1) is 13.8 Å². The molecule has 1 heterocycles. The van der Waals surface area contributed by atoms with E-state index in [0.717, 1.165) is 33.7 Å². The fourth-order valence-corrected chi connectivity index (χ4v) is 4.11. The number of fused-ring (bicyclic) bond motifs is 1. The number of rotatable bonds is 5. The molecule has 0 bridgehead atoms. The highest BCUT2D eigenvalue weighted by atomic mass is 32.2. The first-order valence-corrected chi connectivity index (χ1v) is 10.2. The van der Waals surface area contributed by atoms with E-state index in [2.05, 4.69) is 78.4 Å². The average Bonchev–Trinajstić information content (AvgIpc) is 2.74. The van der Waals surface area contributed by atoms with Crippen LogP contribution in [0.1, 0.15) is 16.7 Å². The number of ether oxygens (including phenoxy) is 1. The second-order valence-electron chi connectivity index (χ2n) is 6.81. The van der Waals surface area contributed by atoms with Crippen LogP contribution in [0.2, 0.25) is 0 Å². The zero-order valence-electron chi connectivity index (χ0n) is 16.3. The molecular weight excluding hydrogens is 364 g/mol. The molecule has 1 aromatic heterocycles. The Morgan fingerprint density at radius 2 is 1.68 bits per heavy atom. The first-order valence-electron chi connectivity index (χ1n) is 9.23. The molecule has 3 aromatic carbocycles. The van der Waals surface area contributed by atoms with E-state index < -0.39 is 0 Å². The van der Waals surface area contributed by atoms with Crippen molar-refractivity contribution < 1.29 is 4.74 Å². The van der Waals surface area contributed by atoms with E-state index in [1.54, 1.807) is 13.4 Å². The smallest absolute Gasteiger partial charge is 0.128 e. The van der Waals surface area contributed by atoms with Gasteiger partial charge in [-0.3, -0.25) is 0 Å². The third kappa shape index (κ3) is 3.73. The normalized spacial score (nSPS) is 11.0. The molecule has 28 heavy (non-hydrogen) atoms. The minimum Gasteiger partial charge on any atom is -0.496 e. The summed E-state index contributed by atoms with van der Waals surface area (Å²) in [6.07, 6.45) is 1.64. The van der Waals surface area contributed by atoms with Gasteiger partial charge in [0.2, 0.25) is 0 Å². The van der Waals surface area contributed by atoms with Crippen molar-refractivity contribution in [1.82, 2.24) is 9.97 Å². The van der Waals surface area contributed by atoms with E-state index in [9.17, 15) is 0 Å². The summed E-state index contributed by atoms with van der Waals surface area (Å²) in [6.45, 7) is 4.20. The summed E-state index contributed by atoms with van der Waals surface area (Å²) >= 11 is 1.82.